The fourth-order valence-electron chi connectivity index (χ4n) is 2.76. The van der Waals surface area contributed by atoms with Crippen LogP contribution in [0.1, 0.15) is 0 Å². The maximum atomic E-state index is 12.0. The molecule has 0 amide bonds. The molecule has 0 N–H and O–H groups in total. The minimum atomic E-state index is -0.0464. The van der Waals surface area contributed by atoms with Crippen LogP contribution in [0.4, 0.5) is 0 Å². The number of fused-ring (bicyclic) bond motifs is 2. The third kappa shape index (κ3) is 1.64. The van der Waals surface area contributed by atoms with Gasteiger partial charge in [-0.05, 0) is 24.3 Å². The molecule has 0 aliphatic carbocycles. The van der Waals surface area contributed by atoms with Crippen molar-refractivity contribution in [2.75, 3.05) is 0 Å². The van der Waals surface area contributed by atoms with Crippen molar-refractivity contribution in [1.82, 2.24) is 23.7 Å². The number of pyridine rings is 1. The molecule has 0 fully saturated rings. The van der Waals surface area contributed by atoms with Gasteiger partial charge in [-0.25, -0.2) is 14.8 Å². The van der Waals surface area contributed by atoms with Crippen LogP contribution in [0, 0.1) is 0 Å². The first-order chi connectivity index (χ1) is 10.6. The van der Waals surface area contributed by atoms with Gasteiger partial charge in [0, 0.05) is 26.0 Å². The van der Waals surface area contributed by atoms with Crippen LogP contribution in [0.3, 0.4) is 0 Å². The first kappa shape index (κ1) is 13.1. The molecule has 0 aliphatic rings. The molecule has 6 nitrogen and oxygen atoms in total. The fraction of sp³-hybridized carbons (Fsp3) is 0.133. The van der Waals surface area contributed by atoms with Gasteiger partial charge < -0.3 is 0 Å². The summed E-state index contributed by atoms with van der Waals surface area (Å²) in [6, 6.07) is 7.71. The molecule has 110 valence electrons. The highest BCUT2D eigenvalue weighted by Crippen LogP contribution is 2.24. The third-order valence-electron chi connectivity index (χ3n) is 3.95. The van der Waals surface area contributed by atoms with E-state index in [2.05, 4.69) is 9.97 Å². The summed E-state index contributed by atoms with van der Waals surface area (Å²) in [6.07, 6.45) is 3.36. The van der Waals surface area contributed by atoms with E-state index < -0.39 is 0 Å². The van der Waals surface area contributed by atoms with Gasteiger partial charge in [-0.1, -0.05) is 11.6 Å². The molecule has 0 unspecified atom stereocenters. The van der Waals surface area contributed by atoms with Gasteiger partial charge in [0.2, 0.25) is 0 Å². The van der Waals surface area contributed by atoms with Crippen LogP contribution in [0.5, 0.6) is 0 Å². The van der Waals surface area contributed by atoms with Gasteiger partial charge >= 0.3 is 5.69 Å². The van der Waals surface area contributed by atoms with Crippen LogP contribution in [-0.2, 0) is 14.1 Å². The molecule has 4 aromatic rings. The topological polar surface area (TPSA) is 57.6 Å². The highest BCUT2D eigenvalue weighted by atomic mass is 35.5. The van der Waals surface area contributed by atoms with E-state index in [0.29, 0.717) is 10.7 Å². The molecule has 0 spiro atoms. The molecule has 0 saturated carbocycles. The largest absolute Gasteiger partial charge is 0.328 e. The second-order valence-electron chi connectivity index (χ2n) is 5.16. The number of hydrogen-bond donors (Lipinski definition) is 0. The summed E-state index contributed by atoms with van der Waals surface area (Å²) in [5, 5.41) is 0.379. The Bertz CT molecular complexity index is 1090. The number of halogens is 1. The predicted octanol–water partition coefficient (Wildman–Crippen LogP) is 2.26. The van der Waals surface area contributed by atoms with Crippen molar-refractivity contribution in [2.45, 2.75) is 0 Å². The van der Waals surface area contributed by atoms with E-state index in [1.807, 2.05) is 28.8 Å². The monoisotopic (exact) mass is 313 g/mol. The van der Waals surface area contributed by atoms with Gasteiger partial charge in [0.1, 0.15) is 11.8 Å². The first-order valence-corrected chi connectivity index (χ1v) is 7.09. The molecule has 0 aliphatic heterocycles. The van der Waals surface area contributed by atoms with Gasteiger partial charge in [-0.2, -0.15) is 0 Å². The summed E-state index contributed by atoms with van der Waals surface area (Å²) < 4.78 is 5.19. The van der Waals surface area contributed by atoms with Crippen LogP contribution in [0.2, 0.25) is 5.15 Å². The standard InChI is InChI=1S/C15H12ClN5O/c1-19-10-4-3-9(7-12(10)20(2)15(19)22)21-8-18-13-11(21)5-6-17-14(13)16/h3-8H,1-2H3. The lowest BCUT2D eigenvalue weighted by Crippen LogP contribution is -2.19. The molecular formula is C15H12ClN5O. The van der Waals surface area contributed by atoms with E-state index in [9.17, 15) is 4.79 Å². The van der Waals surface area contributed by atoms with Crippen LogP contribution < -0.4 is 5.69 Å². The third-order valence-corrected chi connectivity index (χ3v) is 4.23. The zero-order valence-electron chi connectivity index (χ0n) is 12.0. The SMILES string of the molecule is Cn1c(=O)n(C)c2cc(-n3cnc4c(Cl)nccc43)ccc21. The lowest BCUT2D eigenvalue weighted by molar-refractivity contribution is 0.795. The predicted molar refractivity (Wildman–Crippen MR) is 85.6 cm³/mol. The smallest absolute Gasteiger partial charge is 0.299 e. The highest BCUT2D eigenvalue weighted by molar-refractivity contribution is 6.33. The molecule has 0 saturated heterocycles. The number of benzene rings is 1. The molecule has 0 bridgehead atoms. The quantitative estimate of drug-likeness (QED) is 0.506. The van der Waals surface area contributed by atoms with Gasteiger partial charge in [0.05, 0.1) is 16.6 Å². The van der Waals surface area contributed by atoms with Crippen LogP contribution in [0.25, 0.3) is 27.8 Å². The Morgan fingerprint density at radius 1 is 1.00 bits per heavy atom. The van der Waals surface area contributed by atoms with Gasteiger partial charge in [0.15, 0.2) is 5.15 Å². The van der Waals surface area contributed by atoms with Crippen molar-refractivity contribution >= 4 is 33.7 Å². The Balaban J connectivity index is 2.03. The van der Waals surface area contributed by atoms with Crippen LogP contribution >= 0.6 is 11.6 Å². The minimum Gasteiger partial charge on any atom is -0.299 e. The summed E-state index contributed by atoms with van der Waals surface area (Å²) in [6.45, 7) is 0. The van der Waals surface area contributed by atoms with Crippen LogP contribution in [0.15, 0.2) is 41.6 Å². The Kier molecular flexibility index (Phi) is 2.65. The molecule has 3 aromatic heterocycles. The van der Waals surface area contributed by atoms with E-state index in [1.165, 1.54) is 0 Å². The average molecular weight is 314 g/mol. The number of imidazole rings is 2. The van der Waals surface area contributed by atoms with Crippen molar-refractivity contribution < 1.29 is 0 Å². The number of aromatic nitrogens is 5. The molecule has 1 aromatic carbocycles. The molecule has 3 heterocycles. The van der Waals surface area contributed by atoms with E-state index in [1.54, 1.807) is 35.8 Å². The molecule has 0 atom stereocenters. The Morgan fingerprint density at radius 2 is 1.77 bits per heavy atom. The second-order valence-corrected chi connectivity index (χ2v) is 5.52. The van der Waals surface area contributed by atoms with E-state index >= 15 is 0 Å². The Morgan fingerprint density at radius 3 is 2.59 bits per heavy atom. The zero-order valence-corrected chi connectivity index (χ0v) is 12.7. The lowest BCUT2D eigenvalue weighted by Gasteiger charge is -2.05. The van der Waals surface area contributed by atoms with Gasteiger partial charge in [-0.3, -0.25) is 13.7 Å². The maximum absolute atomic E-state index is 12.0. The second kappa shape index (κ2) is 4.45. The molecule has 0 radical (unpaired) electrons. The van der Waals surface area contributed by atoms with E-state index in [4.69, 9.17) is 11.6 Å². The van der Waals surface area contributed by atoms with Gasteiger partial charge in [0.25, 0.3) is 0 Å². The van der Waals surface area contributed by atoms with Crippen molar-refractivity contribution in [3.63, 3.8) is 0 Å². The number of aryl methyl sites for hydroxylation is 2. The highest BCUT2D eigenvalue weighted by Gasteiger charge is 2.12. The summed E-state index contributed by atoms with van der Waals surface area (Å²) in [5.41, 5.74) is 4.16. The van der Waals surface area contributed by atoms with Crippen molar-refractivity contribution in [1.29, 1.82) is 0 Å². The normalized spacial score (nSPS) is 11.6. The van der Waals surface area contributed by atoms with Crippen molar-refractivity contribution in [3.8, 4) is 5.69 Å². The fourth-order valence-corrected chi connectivity index (χ4v) is 2.96. The average Bonchev–Trinajstić information content (AvgIpc) is 3.05. The van der Waals surface area contributed by atoms with Crippen LogP contribution in [-0.4, -0.2) is 23.7 Å². The zero-order chi connectivity index (χ0) is 15.4. The molecule has 22 heavy (non-hydrogen) atoms. The Labute approximate surface area is 130 Å². The summed E-state index contributed by atoms with van der Waals surface area (Å²) in [5.74, 6) is 0. The van der Waals surface area contributed by atoms with E-state index in [-0.39, 0.29) is 5.69 Å². The summed E-state index contributed by atoms with van der Waals surface area (Å²) in [4.78, 5) is 20.4. The first-order valence-electron chi connectivity index (χ1n) is 6.71. The molecular weight excluding hydrogens is 302 g/mol. The maximum Gasteiger partial charge on any atom is 0.328 e. The minimum absolute atomic E-state index is 0.0464. The van der Waals surface area contributed by atoms with Gasteiger partial charge in [-0.15, -0.1) is 0 Å². The summed E-state index contributed by atoms with van der Waals surface area (Å²) in [7, 11) is 3.53. The van der Waals surface area contributed by atoms with E-state index in [0.717, 1.165) is 22.2 Å². The molecule has 4 rings (SSSR count). The number of hydrogen-bond acceptors (Lipinski definition) is 3. The Hall–Kier alpha value is -2.60. The lowest BCUT2D eigenvalue weighted by atomic mass is 10.2. The number of rotatable bonds is 1. The number of nitrogens with zero attached hydrogens (tertiary/aromatic N) is 5. The summed E-state index contributed by atoms with van der Waals surface area (Å²) >= 11 is 6.07. The van der Waals surface area contributed by atoms with Crippen molar-refractivity contribution in [2.24, 2.45) is 14.1 Å². The van der Waals surface area contributed by atoms with Crippen molar-refractivity contribution in [3.05, 3.63) is 52.4 Å². The molecule has 7 heteroatoms.